The number of aliphatic hydroxyl groups excluding tert-OH is 1. The van der Waals surface area contributed by atoms with E-state index >= 15 is 0 Å². The predicted molar refractivity (Wildman–Crippen MR) is 128 cm³/mol. The van der Waals surface area contributed by atoms with E-state index in [1.807, 2.05) is 0 Å². The highest BCUT2D eigenvalue weighted by Crippen LogP contribution is 2.42. The largest absolute Gasteiger partial charge is 0.396 e. The number of aromatic nitrogens is 3. The van der Waals surface area contributed by atoms with Gasteiger partial charge < -0.3 is 15.7 Å². The summed E-state index contributed by atoms with van der Waals surface area (Å²) >= 11 is 0. The molecule has 32 heavy (non-hydrogen) atoms. The highest BCUT2D eigenvalue weighted by atomic mass is 16.7. The number of nitrogens with two attached hydrogens (primary N) is 1. The zero-order valence-corrected chi connectivity index (χ0v) is 20.8. The first-order valence-corrected chi connectivity index (χ1v) is 12.5. The van der Waals surface area contributed by atoms with Gasteiger partial charge in [0, 0.05) is 30.1 Å². The van der Waals surface area contributed by atoms with E-state index in [-0.39, 0.29) is 29.7 Å². The van der Waals surface area contributed by atoms with Crippen molar-refractivity contribution in [3.63, 3.8) is 0 Å². The first kappa shape index (κ1) is 25.1. The number of nitrogens with zero attached hydrogens (tertiary/aromatic N) is 5. The van der Waals surface area contributed by atoms with Gasteiger partial charge in [0.25, 0.3) is 0 Å². The van der Waals surface area contributed by atoms with Gasteiger partial charge in [-0.3, -0.25) is 4.84 Å². The predicted octanol–water partition coefficient (Wildman–Crippen LogP) is 3.88. The van der Waals surface area contributed by atoms with Crippen molar-refractivity contribution in [2.75, 3.05) is 23.8 Å². The van der Waals surface area contributed by atoms with E-state index in [9.17, 15) is 5.11 Å². The number of piperidine rings is 1. The molecule has 1 saturated heterocycles. The molecule has 0 amide bonds. The Morgan fingerprint density at radius 3 is 2.31 bits per heavy atom. The van der Waals surface area contributed by atoms with Gasteiger partial charge in [-0.25, -0.2) is 0 Å². The molecular weight excluding hydrogens is 404 g/mol. The Bertz CT molecular complexity index is 717. The van der Waals surface area contributed by atoms with Gasteiger partial charge in [0.05, 0.1) is 12.7 Å². The number of nitrogen functional groups attached to an aromatic ring is 1. The van der Waals surface area contributed by atoms with Gasteiger partial charge in [-0.05, 0) is 59.8 Å². The van der Waals surface area contributed by atoms with E-state index in [0.29, 0.717) is 24.3 Å². The highest BCUT2D eigenvalue weighted by molar-refractivity contribution is 5.37. The minimum atomic E-state index is -0.124. The van der Waals surface area contributed by atoms with E-state index in [4.69, 9.17) is 10.6 Å². The van der Waals surface area contributed by atoms with E-state index in [1.54, 1.807) is 0 Å². The van der Waals surface area contributed by atoms with Crippen LogP contribution in [0.25, 0.3) is 0 Å². The fourth-order valence-electron chi connectivity index (χ4n) is 5.58. The smallest absolute Gasteiger partial charge is 0.230 e. The molecular formula is C24H44N6O2. The summed E-state index contributed by atoms with van der Waals surface area (Å²) in [7, 11) is 0. The molecule has 0 unspecified atom stereocenters. The van der Waals surface area contributed by atoms with Crippen LogP contribution in [0, 0.1) is 0 Å². The lowest BCUT2D eigenvalue weighted by atomic mass is 9.78. The van der Waals surface area contributed by atoms with Crippen molar-refractivity contribution in [1.82, 2.24) is 20.0 Å². The van der Waals surface area contributed by atoms with Crippen molar-refractivity contribution in [3.8, 4) is 0 Å². The Labute approximate surface area is 193 Å². The molecule has 0 atom stereocenters. The second kappa shape index (κ2) is 10.6. The second-order valence-electron chi connectivity index (χ2n) is 10.8. The average molecular weight is 449 g/mol. The lowest BCUT2D eigenvalue weighted by Crippen LogP contribution is -2.65. The third kappa shape index (κ3) is 6.08. The molecule has 8 nitrogen and oxygen atoms in total. The molecule has 3 N–H and O–H groups in total. The van der Waals surface area contributed by atoms with Crippen molar-refractivity contribution in [3.05, 3.63) is 5.82 Å². The van der Waals surface area contributed by atoms with Gasteiger partial charge in [0.1, 0.15) is 5.82 Å². The van der Waals surface area contributed by atoms with Crippen LogP contribution in [0.4, 0.5) is 11.9 Å². The maximum atomic E-state index is 9.36. The third-order valence-electron chi connectivity index (χ3n) is 6.85. The Kier molecular flexibility index (Phi) is 8.33. The molecule has 1 aromatic rings. The Balaban J connectivity index is 1.85. The fourth-order valence-corrected chi connectivity index (χ4v) is 5.58. The summed E-state index contributed by atoms with van der Waals surface area (Å²) in [6, 6.07) is 0.265. The van der Waals surface area contributed by atoms with Crippen molar-refractivity contribution >= 4 is 11.9 Å². The Morgan fingerprint density at radius 2 is 1.72 bits per heavy atom. The normalized spacial score (nSPS) is 22.2. The number of hydroxylamine groups is 2. The molecule has 1 saturated carbocycles. The molecule has 1 aromatic heterocycles. The summed E-state index contributed by atoms with van der Waals surface area (Å²) in [5.41, 5.74) is 5.77. The molecule has 0 aromatic carbocycles. The molecule has 182 valence electrons. The van der Waals surface area contributed by atoms with Gasteiger partial charge in [-0.1, -0.05) is 32.6 Å². The minimum Gasteiger partial charge on any atom is -0.396 e. The van der Waals surface area contributed by atoms with E-state index < -0.39 is 0 Å². The number of hydrogen-bond acceptors (Lipinski definition) is 8. The van der Waals surface area contributed by atoms with Crippen LogP contribution in [0.1, 0.15) is 98.2 Å². The van der Waals surface area contributed by atoms with Gasteiger partial charge >= 0.3 is 0 Å². The third-order valence-corrected chi connectivity index (χ3v) is 6.85. The van der Waals surface area contributed by atoms with Gasteiger partial charge in [-0.2, -0.15) is 20.0 Å². The summed E-state index contributed by atoms with van der Waals surface area (Å²) in [6.45, 7) is 12.2. The minimum absolute atomic E-state index is 0.00515. The van der Waals surface area contributed by atoms with Crippen molar-refractivity contribution < 1.29 is 9.94 Å². The van der Waals surface area contributed by atoms with Gasteiger partial charge in [0.15, 0.2) is 0 Å². The summed E-state index contributed by atoms with van der Waals surface area (Å²) < 4.78 is 0. The van der Waals surface area contributed by atoms with E-state index in [1.165, 1.54) is 19.3 Å². The molecule has 2 aliphatic rings. The highest BCUT2D eigenvalue weighted by Gasteiger charge is 2.49. The van der Waals surface area contributed by atoms with Crippen molar-refractivity contribution in [1.29, 1.82) is 0 Å². The molecule has 2 fully saturated rings. The molecule has 2 heterocycles. The zero-order valence-electron chi connectivity index (χ0n) is 20.8. The summed E-state index contributed by atoms with van der Waals surface area (Å²) in [5, 5.41) is 11.7. The van der Waals surface area contributed by atoms with Crippen LogP contribution in [0.15, 0.2) is 0 Å². The lowest BCUT2D eigenvalue weighted by molar-refractivity contribution is -0.310. The monoisotopic (exact) mass is 448 g/mol. The van der Waals surface area contributed by atoms with E-state index in [0.717, 1.165) is 45.1 Å². The van der Waals surface area contributed by atoms with Crippen LogP contribution < -0.4 is 10.6 Å². The van der Waals surface area contributed by atoms with Crippen LogP contribution in [-0.4, -0.2) is 61.5 Å². The fraction of sp³-hybridized carbons (Fsp3) is 0.875. The van der Waals surface area contributed by atoms with E-state index in [2.05, 4.69) is 59.5 Å². The summed E-state index contributed by atoms with van der Waals surface area (Å²) in [6.07, 6.45) is 10.9. The molecule has 0 bridgehead atoms. The van der Waals surface area contributed by atoms with Crippen molar-refractivity contribution in [2.24, 2.45) is 0 Å². The number of unbranched alkanes of at least 4 members (excludes halogenated alkanes) is 1. The molecule has 1 aliphatic carbocycles. The SMILES string of the molecule is CCCCN(c1nc(N)nc(CCO)n1)C1CC(C)(C)N(OC2CCCCC2)C(C)(C)C1. The topological polar surface area (TPSA) is 101 Å². The number of rotatable bonds is 9. The lowest BCUT2D eigenvalue weighted by Gasteiger charge is -2.56. The average Bonchev–Trinajstić information content (AvgIpc) is 2.71. The van der Waals surface area contributed by atoms with Crippen LogP contribution in [-0.2, 0) is 11.3 Å². The van der Waals surface area contributed by atoms with Crippen LogP contribution in [0.2, 0.25) is 0 Å². The zero-order chi connectivity index (χ0) is 23.4. The maximum absolute atomic E-state index is 9.36. The van der Waals surface area contributed by atoms with Crippen LogP contribution in [0.3, 0.4) is 0 Å². The van der Waals surface area contributed by atoms with Crippen molar-refractivity contribution in [2.45, 2.75) is 122 Å². The standard InChI is InChI=1S/C24H44N6O2/c1-6-7-14-29(22-27-20(13-15-31)26-21(25)28-22)18-16-23(2,3)30(24(4,5)17-18)32-19-11-9-8-10-12-19/h18-19,31H,6-17H2,1-5H3,(H2,25,26,27,28). The Hall–Kier alpha value is -1.51. The number of hydrogen-bond donors (Lipinski definition) is 2. The molecule has 0 spiro atoms. The second-order valence-corrected chi connectivity index (χ2v) is 10.8. The van der Waals surface area contributed by atoms with Gasteiger partial charge in [0.2, 0.25) is 11.9 Å². The number of anilines is 2. The molecule has 3 rings (SSSR count). The summed E-state index contributed by atoms with van der Waals surface area (Å²) in [4.78, 5) is 22.4. The maximum Gasteiger partial charge on any atom is 0.230 e. The molecule has 0 radical (unpaired) electrons. The summed E-state index contributed by atoms with van der Waals surface area (Å²) in [5.74, 6) is 1.40. The Morgan fingerprint density at radius 1 is 1.06 bits per heavy atom. The quantitative estimate of drug-likeness (QED) is 0.587. The van der Waals surface area contributed by atoms with Crippen LogP contribution in [0.5, 0.6) is 0 Å². The first-order chi connectivity index (χ1) is 15.2. The number of aliphatic hydroxyl groups is 1. The van der Waals surface area contributed by atoms with Crippen LogP contribution >= 0.6 is 0 Å². The molecule has 8 heteroatoms. The molecule has 1 aliphatic heterocycles. The van der Waals surface area contributed by atoms with Gasteiger partial charge in [-0.15, -0.1) is 0 Å². The first-order valence-electron chi connectivity index (χ1n) is 12.5.